The molecular formula is C51H85O13P. The molecular weight excluding hydrogens is 852 g/mol. The summed E-state index contributed by atoms with van der Waals surface area (Å²) in [5.41, 5.74) is 0. The molecule has 1 aliphatic carbocycles. The lowest BCUT2D eigenvalue weighted by Crippen LogP contribution is -2.64. The van der Waals surface area contributed by atoms with Crippen LogP contribution in [0.3, 0.4) is 0 Å². The summed E-state index contributed by atoms with van der Waals surface area (Å²) in [5, 5.41) is 50.2. The molecule has 0 amide bonds. The number of carbonyl (C=O) groups excluding carboxylic acids is 2. The second-order valence-electron chi connectivity index (χ2n) is 16.6. The van der Waals surface area contributed by atoms with Crippen LogP contribution >= 0.6 is 7.82 Å². The molecule has 6 atom stereocenters. The number of rotatable bonds is 39. The highest BCUT2D eigenvalue weighted by Gasteiger charge is 2.51. The number of esters is 2. The minimum Gasteiger partial charge on any atom is -0.462 e. The van der Waals surface area contributed by atoms with Crippen molar-refractivity contribution in [2.24, 2.45) is 0 Å². The van der Waals surface area contributed by atoms with E-state index in [-0.39, 0.29) is 12.8 Å². The largest absolute Gasteiger partial charge is 0.472 e. The Morgan fingerprint density at radius 1 is 0.492 bits per heavy atom. The van der Waals surface area contributed by atoms with Crippen molar-refractivity contribution in [3.63, 3.8) is 0 Å². The lowest BCUT2D eigenvalue weighted by molar-refractivity contribution is -0.220. The number of aliphatic hydroxyl groups is 5. The Bertz CT molecular complexity index is 1460. The summed E-state index contributed by atoms with van der Waals surface area (Å²) in [7, 11) is -5.15. The molecule has 1 rings (SSSR count). The first-order valence-corrected chi connectivity index (χ1v) is 25.9. The number of unbranched alkanes of at least 4 members (excludes halogenated alkanes) is 13. The molecule has 1 saturated carbocycles. The summed E-state index contributed by atoms with van der Waals surface area (Å²) in [6.45, 7) is 3.12. The predicted molar refractivity (Wildman–Crippen MR) is 258 cm³/mol. The molecule has 0 aromatic carbocycles. The van der Waals surface area contributed by atoms with E-state index in [1.165, 1.54) is 57.8 Å². The third-order valence-electron chi connectivity index (χ3n) is 10.7. The Morgan fingerprint density at radius 3 is 1.40 bits per heavy atom. The molecule has 0 saturated heterocycles. The highest BCUT2D eigenvalue weighted by Crippen LogP contribution is 2.47. The molecule has 0 aromatic heterocycles. The van der Waals surface area contributed by atoms with Crippen LogP contribution < -0.4 is 0 Å². The van der Waals surface area contributed by atoms with Crippen molar-refractivity contribution in [1.82, 2.24) is 0 Å². The summed E-state index contributed by atoms with van der Waals surface area (Å²) in [5.74, 6) is -1.21. The van der Waals surface area contributed by atoms with Gasteiger partial charge in [0.05, 0.1) is 6.61 Å². The zero-order valence-corrected chi connectivity index (χ0v) is 40.4. The van der Waals surface area contributed by atoms with E-state index in [9.17, 15) is 44.6 Å². The van der Waals surface area contributed by atoms with Crippen molar-refractivity contribution in [3.8, 4) is 0 Å². The van der Waals surface area contributed by atoms with E-state index in [4.69, 9.17) is 18.5 Å². The van der Waals surface area contributed by atoms with E-state index < -0.39 is 75.7 Å². The van der Waals surface area contributed by atoms with Crippen molar-refractivity contribution in [3.05, 3.63) is 85.1 Å². The van der Waals surface area contributed by atoms with Gasteiger partial charge in [0, 0.05) is 12.8 Å². The van der Waals surface area contributed by atoms with E-state index in [2.05, 4.69) is 80.7 Å². The highest BCUT2D eigenvalue weighted by atomic mass is 31.2. The molecule has 1 fully saturated rings. The zero-order chi connectivity index (χ0) is 47.8. The first-order valence-electron chi connectivity index (χ1n) is 24.4. The summed E-state index contributed by atoms with van der Waals surface area (Å²) >= 11 is 0. The summed E-state index contributed by atoms with van der Waals surface area (Å²) < 4.78 is 33.5. The topological polar surface area (TPSA) is 210 Å². The van der Waals surface area contributed by atoms with E-state index in [0.717, 1.165) is 64.2 Å². The second kappa shape index (κ2) is 40.1. The molecule has 372 valence electrons. The van der Waals surface area contributed by atoms with Crippen molar-refractivity contribution in [1.29, 1.82) is 0 Å². The number of phosphoric ester groups is 1. The van der Waals surface area contributed by atoms with Gasteiger partial charge in [-0.15, -0.1) is 0 Å². The van der Waals surface area contributed by atoms with Crippen LogP contribution in [0, 0.1) is 0 Å². The molecule has 1 aliphatic rings. The van der Waals surface area contributed by atoms with Crippen molar-refractivity contribution >= 4 is 19.8 Å². The Labute approximate surface area is 390 Å². The van der Waals surface area contributed by atoms with Gasteiger partial charge in [0.15, 0.2) is 6.10 Å². The van der Waals surface area contributed by atoms with Gasteiger partial charge in [-0.1, -0.05) is 163 Å². The summed E-state index contributed by atoms with van der Waals surface area (Å²) in [4.78, 5) is 35.7. The fourth-order valence-electron chi connectivity index (χ4n) is 6.84. The third-order valence-corrected chi connectivity index (χ3v) is 11.7. The van der Waals surface area contributed by atoms with Crippen LogP contribution in [0.1, 0.15) is 168 Å². The van der Waals surface area contributed by atoms with Crippen LogP contribution in [-0.2, 0) is 32.7 Å². The smallest absolute Gasteiger partial charge is 0.462 e. The SMILES string of the molecule is CC/C=C\C/C=C\C/C=C\C/C=C\C/C=C\C/C=C\CCC(=O)OC(COC(=O)CCCCCCCCC/C=C\CCCCCCCC)COP(=O)(O)OC1C(O)C(O)C(O)C(O)C1O. The standard InChI is InChI=1S/C51H85O13P/c1-3-5-7-9-11-13-15-17-19-21-22-24-26-28-30-32-34-36-38-40-45(53)63-43(42-62-65(59,60)64-51-49(57)47(55)46(54)48(56)50(51)58)41-61-44(52)39-37-35-33-31-29-27-25-23-20-18-16-14-12-10-8-6-4-2/h5,7,11,13,17-20,22,24,28,30,34,36,43,46-51,54-58H,3-4,6,8-10,12,14-16,21,23,25-27,29,31-33,35,37-42H2,1-2H3,(H,59,60)/b7-5-,13-11-,19-17-,20-18-,24-22-,30-28-,36-34-. The molecule has 0 spiro atoms. The van der Waals surface area contributed by atoms with Gasteiger partial charge in [-0.2, -0.15) is 0 Å². The summed E-state index contributed by atoms with van der Waals surface area (Å²) in [6, 6.07) is 0. The van der Waals surface area contributed by atoms with Crippen LogP contribution in [0.5, 0.6) is 0 Å². The van der Waals surface area contributed by atoms with Gasteiger partial charge < -0.3 is 39.9 Å². The number of allylic oxidation sites excluding steroid dienone is 14. The molecule has 0 radical (unpaired) electrons. The van der Waals surface area contributed by atoms with Gasteiger partial charge in [-0.05, 0) is 77.0 Å². The fourth-order valence-corrected chi connectivity index (χ4v) is 7.81. The number of hydrogen-bond acceptors (Lipinski definition) is 12. The molecule has 0 aromatic rings. The van der Waals surface area contributed by atoms with E-state index in [1.54, 1.807) is 0 Å². The monoisotopic (exact) mass is 937 g/mol. The third kappa shape index (κ3) is 32.4. The molecule has 13 nitrogen and oxygen atoms in total. The van der Waals surface area contributed by atoms with Gasteiger partial charge in [0.2, 0.25) is 0 Å². The Morgan fingerprint density at radius 2 is 0.908 bits per heavy atom. The van der Waals surface area contributed by atoms with Crippen molar-refractivity contribution in [2.75, 3.05) is 13.2 Å². The Balaban J connectivity index is 2.50. The Kier molecular flexibility index (Phi) is 37.1. The molecule has 65 heavy (non-hydrogen) atoms. The van der Waals surface area contributed by atoms with E-state index in [0.29, 0.717) is 19.3 Å². The number of aliphatic hydroxyl groups excluding tert-OH is 5. The minimum absolute atomic E-state index is 0.0333. The van der Waals surface area contributed by atoms with Gasteiger partial charge in [-0.25, -0.2) is 4.57 Å². The van der Waals surface area contributed by atoms with Gasteiger partial charge in [-0.3, -0.25) is 18.6 Å². The van der Waals surface area contributed by atoms with Crippen LogP contribution in [0.15, 0.2) is 85.1 Å². The lowest BCUT2D eigenvalue weighted by Gasteiger charge is -2.41. The average molecular weight is 937 g/mol. The van der Waals surface area contributed by atoms with Crippen LogP contribution in [0.4, 0.5) is 0 Å². The predicted octanol–water partition coefficient (Wildman–Crippen LogP) is 10.1. The number of phosphoric acid groups is 1. The molecule has 14 heteroatoms. The van der Waals surface area contributed by atoms with Crippen molar-refractivity contribution < 1.29 is 63.1 Å². The maximum atomic E-state index is 12.8. The molecule has 6 N–H and O–H groups in total. The average Bonchev–Trinajstić information content (AvgIpc) is 3.29. The molecule has 0 bridgehead atoms. The molecule has 0 heterocycles. The number of carbonyl (C=O) groups is 2. The van der Waals surface area contributed by atoms with Gasteiger partial charge >= 0.3 is 19.8 Å². The zero-order valence-electron chi connectivity index (χ0n) is 39.5. The fraction of sp³-hybridized carbons (Fsp3) is 0.686. The van der Waals surface area contributed by atoms with Crippen LogP contribution in [0.25, 0.3) is 0 Å². The maximum absolute atomic E-state index is 12.8. The van der Waals surface area contributed by atoms with E-state index in [1.807, 2.05) is 18.2 Å². The molecule has 6 unspecified atom stereocenters. The normalized spacial score (nSPS) is 22.2. The van der Waals surface area contributed by atoms with Gasteiger partial charge in [0.25, 0.3) is 0 Å². The van der Waals surface area contributed by atoms with Crippen LogP contribution in [-0.4, -0.2) is 98.3 Å². The van der Waals surface area contributed by atoms with Crippen LogP contribution in [0.2, 0.25) is 0 Å². The second-order valence-corrected chi connectivity index (χ2v) is 18.0. The van der Waals surface area contributed by atoms with Crippen molar-refractivity contribution in [2.45, 2.75) is 211 Å². The highest BCUT2D eigenvalue weighted by molar-refractivity contribution is 7.47. The quantitative estimate of drug-likeness (QED) is 0.0147. The summed E-state index contributed by atoms with van der Waals surface area (Å²) in [6.07, 6.45) is 39.3. The number of hydrogen-bond donors (Lipinski definition) is 6. The maximum Gasteiger partial charge on any atom is 0.472 e. The van der Waals surface area contributed by atoms with Gasteiger partial charge in [0.1, 0.15) is 43.2 Å². The first kappa shape index (κ1) is 60.0. The first-order chi connectivity index (χ1) is 31.4. The minimum atomic E-state index is -5.15. The Hall–Kier alpha value is -2.97. The number of ether oxygens (including phenoxy) is 2. The van der Waals surface area contributed by atoms with E-state index >= 15 is 0 Å². The lowest BCUT2D eigenvalue weighted by atomic mass is 9.85. The molecule has 0 aliphatic heterocycles.